The van der Waals surface area contributed by atoms with Gasteiger partial charge in [-0.2, -0.15) is 4.98 Å². The number of carbonyl (C=O) groups excluding carboxylic acids is 1. The monoisotopic (exact) mass is 345 g/mol. The van der Waals surface area contributed by atoms with Gasteiger partial charge in [0.15, 0.2) is 5.82 Å². The molecule has 0 spiro atoms. The van der Waals surface area contributed by atoms with E-state index in [4.69, 9.17) is 4.52 Å². The smallest absolute Gasteiger partial charge is 0.227 e. The summed E-state index contributed by atoms with van der Waals surface area (Å²) in [4.78, 5) is 16.8. The molecule has 1 amide bonds. The van der Waals surface area contributed by atoms with E-state index in [0.717, 1.165) is 31.2 Å². The summed E-state index contributed by atoms with van der Waals surface area (Å²) in [5.74, 6) is 1.04. The van der Waals surface area contributed by atoms with Gasteiger partial charge in [0.2, 0.25) is 11.8 Å². The lowest BCUT2D eigenvalue weighted by Gasteiger charge is -2.31. The molecule has 0 saturated heterocycles. The molecule has 1 aliphatic rings. The Morgan fingerprint density at radius 3 is 2.56 bits per heavy atom. The molecule has 134 valence electrons. The first kappa shape index (κ1) is 17.6. The molecule has 2 aromatic rings. The third-order valence-electron chi connectivity index (χ3n) is 4.80. The first-order valence-electron chi connectivity index (χ1n) is 8.88. The summed E-state index contributed by atoms with van der Waals surface area (Å²) in [6, 6.07) is 6.45. The SMILES string of the molecule is CC(C)c1noc(CCC(=O)NC2(c3ccc(F)cc3)CCCC2)n1. The molecule has 6 heteroatoms. The molecule has 0 unspecified atom stereocenters. The molecular formula is C19H24FN3O2. The van der Waals surface area contributed by atoms with Crippen LogP contribution in [0.5, 0.6) is 0 Å². The van der Waals surface area contributed by atoms with E-state index in [-0.39, 0.29) is 23.2 Å². The molecule has 0 radical (unpaired) electrons. The average molecular weight is 345 g/mol. The molecule has 0 bridgehead atoms. The third kappa shape index (κ3) is 4.06. The topological polar surface area (TPSA) is 68.0 Å². The van der Waals surface area contributed by atoms with Crippen LogP contribution in [0.1, 0.15) is 69.1 Å². The number of nitrogens with one attached hydrogen (secondary N) is 1. The van der Waals surface area contributed by atoms with E-state index in [0.29, 0.717) is 24.6 Å². The van der Waals surface area contributed by atoms with Gasteiger partial charge in [-0.1, -0.05) is 44.0 Å². The van der Waals surface area contributed by atoms with E-state index in [1.807, 2.05) is 13.8 Å². The fraction of sp³-hybridized carbons (Fsp3) is 0.526. The van der Waals surface area contributed by atoms with E-state index < -0.39 is 0 Å². The van der Waals surface area contributed by atoms with Crippen LogP contribution in [-0.4, -0.2) is 16.0 Å². The zero-order valence-corrected chi connectivity index (χ0v) is 14.7. The number of amides is 1. The predicted molar refractivity (Wildman–Crippen MR) is 91.4 cm³/mol. The van der Waals surface area contributed by atoms with Gasteiger partial charge in [0.05, 0.1) is 5.54 Å². The molecule has 25 heavy (non-hydrogen) atoms. The molecule has 5 nitrogen and oxygen atoms in total. The summed E-state index contributed by atoms with van der Waals surface area (Å²) < 4.78 is 18.4. The lowest BCUT2D eigenvalue weighted by Crippen LogP contribution is -2.43. The predicted octanol–water partition coefficient (Wildman–Crippen LogP) is 3.85. The van der Waals surface area contributed by atoms with Crippen molar-refractivity contribution in [1.29, 1.82) is 0 Å². The van der Waals surface area contributed by atoms with Crippen LogP contribution in [0, 0.1) is 5.82 Å². The number of halogens is 1. The van der Waals surface area contributed by atoms with Gasteiger partial charge in [0, 0.05) is 18.8 Å². The minimum atomic E-state index is -0.386. The third-order valence-corrected chi connectivity index (χ3v) is 4.80. The van der Waals surface area contributed by atoms with Crippen molar-refractivity contribution in [2.45, 2.75) is 63.8 Å². The number of rotatable bonds is 6. The van der Waals surface area contributed by atoms with Crippen molar-refractivity contribution in [3.63, 3.8) is 0 Å². The van der Waals surface area contributed by atoms with Gasteiger partial charge < -0.3 is 9.84 Å². The Morgan fingerprint density at radius 2 is 1.96 bits per heavy atom. The quantitative estimate of drug-likeness (QED) is 0.863. The summed E-state index contributed by atoms with van der Waals surface area (Å²) in [7, 11) is 0. The summed E-state index contributed by atoms with van der Waals surface area (Å²) in [5, 5.41) is 7.09. The zero-order valence-electron chi connectivity index (χ0n) is 14.7. The molecule has 0 aliphatic heterocycles. The lowest BCUT2D eigenvalue weighted by atomic mass is 9.88. The van der Waals surface area contributed by atoms with E-state index in [1.54, 1.807) is 12.1 Å². The minimum absolute atomic E-state index is 0.0458. The maximum absolute atomic E-state index is 13.2. The number of aryl methyl sites for hydroxylation is 1. The maximum atomic E-state index is 13.2. The van der Waals surface area contributed by atoms with Crippen molar-refractivity contribution in [3.05, 3.63) is 47.4 Å². The lowest BCUT2D eigenvalue weighted by molar-refractivity contribution is -0.123. The van der Waals surface area contributed by atoms with E-state index in [9.17, 15) is 9.18 Å². The number of nitrogens with zero attached hydrogens (tertiary/aromatic N) is 2. The van der Waals surface area contributed by atoms with Gasteiger partial charge >= 0.3 is 0 Å². The van der Waals surface area contributed by atoms with Gasteiger partial charge in [-0.25, -0.2) is 4.39 Å². The highest BCUT2D eigenvalue weighted by Crippen LogP contribution is 2.38. The number of hydrogen-bond donors (Lipinski definition) is 1. The Balaban J connectivity index is 1.63. The Hall–Kier alpha value is -2.24. The van der Waals surface area contributed by atoms with Crippen LogP contribution in [0.15, 0.2) is 28.8 Å². The first-order valence-corrected chi connectivity index (χ1v) is 8.88. The zero-order chi connectivity index (χ0) is 17.9. The molecule has 1 aromatic carbocycles. The highest BCUT2D eigenvalue weighted by Gasteiger charge is 2.36. The van der Waals surface area contributed by atoms with Crippen LogP contribution < -0.4 is 5.32 Å². The van der Waals surface area contributed by atoms with Crippen molar-refractivity contribution in [1.82, 2.24) is 15.5 Å². The number of carbonyl (C=O) groups is 1. The Kier molecular flexibility index (Phi) is 5.16. The second-order valence-electron chi connectivity index (χ2n) is 7.05. The number of hydrogen-bond acceptors (Lipinski definition) is 4. The van der Waals surface area contributed by atoms with Gasteiger partial charge in [-0.3, -0.25) is 4.79 Å². The standard InChI is InChI=1S/C19H24FN3O2/c1-13(2)18-21-17(25-23-18)10-9-16(24)22-19(11-3-4-12-19)14-5-7-15(20)8-6-14/h5-8,13H,3-4,9-12H2,1-2H3,(H,22,24). The molecule has 1 aromatic heterocycles. The van der Waals surface area contributed by atoms with Crippen molar-refractivity contribution in [2.75, 3.05) is 0 Å². The Labute approximate surface area is 147 Å². The normalized spacial score (nSPS) is 16.3. The van der Waals surface area contributed by atoms with Crippen LogP contribution in [0.4, 0.5) is 4.39 Å². The van der Waals surface area contributed by atoms with Gasteiger partial charge in [0.1, 0.15) is 5.82 Å². The highest BCUT2D eigenvalue weighted by molar-refractivity contribution is 5.77. The van der Waals surface area contributed by atoms with Gasteiger partial charge in [0.25, 0.3) is 0 Å². The van der Waals surface area contributed by atoms with Crippen LogP contribution in [0.3, 0.4) is 0 Å². The fourth-order valence-electron chi connectivity index (χ4n) is 3.39. The van der Waals surface area contributed by atoms with Crippen LogP contribution in [0.25, 0.3) is 0 Å². The van der Waals surface area contributed by atoms with Crippen LogP contribution >= 0.6 is 0 Å². The first-order chi connectivity index (χ1) is 12.0. The molecular weight excluding hydrogens is 321 g/mol. The largest absolute Gasteiger partial charge is 0.347 e. The summed E-state index contributed by atoms with van der Waals surface area (Å²) in [6.45, 7) is 3.99. The summed E-state index contributed by atoms with van der Waals surface area (Å²) in [6.07, 6.45) is 4.58. The Morgan fingerprint density at radius 1 is 1.28 bits per heavy atom. The molecule has 0 atom stereocenters. The van der Waals surface area contributed by atoms with Crippen molar-refractivity contribution in [3.8, 4) is 0 Å². The molecule has 1 fully saturated rings. The summed E-state index contributed by atoms with van der Waals surface area (Å²) in [5.41, 5.74) is 0.586. The van der Waals surface area contributed by atoms with Gasteiger partial charge in [-0.15, -0.1) is 0 Å². The van der Waals surface area contributed by atoms with E-state index in [1.165, 1.54) is 12.1 Å². The van der Waals surface area contributed by atoms with Gasteiger partial charge in [-0.05, 0) is 30.5 Å². The molecule has 1 heterocycles. The molecule has 1 saturated carbocycles. The number of benzene rings is 1. The fourth-order valence-corrected chi connectivity index (χ4v) is 3.39. The Bertz CT molecular complexity index is 719. The molecule has 1 N–H and O–H groups in total. The van der Waals surface area contributed by atoms with Crippen molar-refractivity contribution < 1.29 is 13.7 Å². The van der Waals surface area contributed by atoms with E-state index >= 15 is 0 Å². The minimum Gasteiger partial charge on any atom is -0.347 e. The summed E-state index contributed by atoms with van der Waals surface area (Å²) >= 11 is 0. The molecule has 1 aliphatic carbocycles. The van der Waals surface area contributed by atoms with Crippen molar-refractivity contribution in [2.24, 2.45) is 0 Å². The average Bonchev–Trinajstić information content (AvgIpc) is 3.23. The van der Waals surface area contributed by atoms with Crippen molar-refractivity contribution >= 4 is 5.91 Å². The van der Waals surface area contributed by atoms with E-state index in [2.05, 4.69) is 15.5 Å². The molecule has 3 rings (SSSR count). The van der Waals surface area contributed by atoms with Crippen LogP contribution in [0.2, 0.25) is 0 Å². The second kappa shape index (κ2) is 7.33. The number of aromatic nitrogens is 2. The second-order valence-corrected chi connectivity index (χ2v) is 7.05. The maximum Gasteiger partial charge on any atom is 0.227 e. The van der Waals surface area contributed by atoms with Crippen LogP contribution in [-0.2, 0) is 16.8 Å². The highest BCUT2D eigenvalue weighted by atomic mass is 19.1.